The lowest BCUT2D eigenvalue weighted by atomic mass is 9.80. The van der Waals surface area contributed by atoms with Gasteiger partial charge in [0.25, 0.3) is 0 Å². The summed E-state index contributed by atoms with van der Waals surface area (Å²) in [7, 11) is 0. The van der Waals surface area contributed by atoms with E-state index in [0.29, 0.717) is 30.8 Å². The molecule has 1 aliphatic carbocycles. The number of carbonyl (C=O) groups excluding carboxylic acids is 1. The summed E-state index contributed by atoms with van der Waals surface area (Å²) >= 11 is 0. The molecule has 1 heterocycles. The van der Waals surface area contributed by atoms with Crippen LogP contribution >= 0.6 is 0 Å². The van der Waals surface area contributed by atoms with Crippen LogP contribution in [0.1, 0.15) is 39.5 Å². The largest absolute Gasteiger partial charge is 0.392 e. The molecule has 1 amide bonds. The van der Waals surface area contributed by atoms with Gasteiger partial charge in [-0.2, -0.15) is 0 Å². The van der Waals surface area contributed by atoms with Crippen LogP contribution in [0.15, 0.2) is 0 Å². The third-order valence-corrected chi connectivity index (χ3v) is 3.95. The number of β-amino-alcohol motifs (C(OH)–C–C–N with tert-alkyl or cyclic N) is 1. The van der Waals surface area contributed by atoms with Crippen molar-refractivity contribution in [2.45, 2.75) is 57.7 Å². The smallest absolute Gasteiger partial charge is 0.237 e. The summed E-state index contributed by atoms with van der Waals surface area (Å²) in [6.45, 7) is 5.05. The number of rotatable bonds is 2. The molecule has 17 heavy (non-hydrogen) atoms. The topological polar surface area (TPSA) is 61.4 Å². The van der Waals surface area contributed by atoms with E-state index in [1.54, 1.807) is 0 Å². The summed E-state index contributed by atoms with van der Waals surface area (Å²) in [5, 5.41) is 15.6. The summed E-state index contributed by atoms with van der Waals surface area (Å²) in [5.41, 5.74) is 0. The minimum absolute atomic E-state index is 0.0628. The van der Waals surface area contributed by atoms with Crippen molar-refractivity contribution in [1.29, 1.82) is 0 Å². The molecule has 1 aliphatic heterocycles. The molecule has 0 aromatic rings. The van der Waals surface area contributed by atoms with E-state index >= 15 is 0 Å². The summed E-state index contributed by atoms with van der Waals surface area (Å²) in [5.74, 6) is 1.46. The van der Waals surface area contributed by atoms with Crippen LogP contribution in [0.5, 0.6) is 0 Å². The molecule has 4 nitrogen and oxygen atoms in total. The average Bonchev–Trinajstić information content (AvgIpc) is 2.63. The number of carbonyl (C=O) groups is 1. The molecule has 0 aromatic carbocycles. The Morgan fingerprint density at radius 1 is 1.18 bits per heavy atom. The van der Waals surface area contributed by atoms with Crippen LogP contribution in [0.25, 0.3) is 0 Å². The molecule has 0 bridgehead atoms. The molecule has 4 heteroatoms. The quantitative estimate of drug-likeness (QED) is 0.664. The first-order chi connectivity index (χ1) is 8.04. The van der Waals surface area contributed by atoms with Crippen LogP contribution in [-0.4, -0.2) is 35.7 Å². The lowest BCUT2D eigenvalue weighted by molar-refractivity contribution is -0.124. The Hall–Kier alpha value is -0.610. The van der Waals surface area contributed by atoms with Gasteiger partial charge in [0.2, 0.25) is 5.91 Å². The van der Waals surface area contributed by atoms with Gasteiger partial charge in [0.1, 0.15) is 0 Å². The number of hydrogen-bond acceptors (Lipinski definition) is 3. The number of aliphatic hydroxyl groups is 1. The predicted octanol–water partition coefficient (Wildman–Crippen LogP) is 0.650. The van der Waals surface area contributed by atoms with Crippen molar-refractivity contribution in [3.05, 3.63) is 0 Å². The Kier molecular flexibility index (Phi) is 4.05. The molecule has 1 saturated carbocycles. The first kappa shape index (κ1) is 12.8. The second-order valence-corrected chi connectivity index (χ2v) is 5.97. The van der Waals surface area contributed by atoms with Crippen molar-refractivity contribution in [3.63, 3.8) is 0 Å². The van der Waals surface area contributed by atoms with E-state index in [-0.39, 0.29) is 18.1 Å². The molecule has 5 atom stereocenters. The molecule has 98 valence electrons. The zero-order valence-corrected chi connectivity index (χ0v) is 10.8. The van der Waals surface area contributed by atoms with E-state index in [4.69, 9.17) is 0 Å². The van der Waals surface area contributed by atoms with Crippen LogP contribution in [0.4, 0.5) is 0 Å². The van der Waals surface area contributed by atoms with E-state index in [0.717, 1.165) is 12.8 Å². The highest BCUT2D eigenvalue weighted by Crippen LogP contribution is 2.28. The summed E-state index contributed by atoms with van der Waals surface area (Å²) in [6.07, 6.45) is 3.63. The van der Waals surface area contributed by atoms with Crippen molar-refractivity contribution < 1.29 is 9.90 Å². The first-order valence-electron chi connectivity index (χ1n) is 6.76. The van der Waals surface area contributed by atoms with E-state index < -0.39 is 0 Å². The molecule has 0 spiro atoms. The third kappa shape index (κ3) is 3.42. The Labute approximate surface area is 103 Å². The van der Waals surface area contributed by atoms with Gasteiger partial charge < -0.3 is 15.7 Å². The lowest BCUT2D eigenvalue weighted by Crippen LogP contribution is -2.47. The number of amides is 1. The van der Waals surface area contributed by atoms with Gasteiger partial charge in [-0.05, 0) is 37.5 Å². The van der Waals surface area contributed by atoms with Gasteiger partial charge in [0, 0.05) is 12.6 Å². The van der Waals surface area contributed by atoms with E-state index in [2.05, 4.69) is 24.5 Å². The minimum Gasteiger partial charge on any atom is -0.392 e. The molecule has 3 N–H and O–H groups in total. The fourth-order valence-electron chi connectivity index (χ4n) is 3.28. The molecule has 1 unspecified atom stereocenters. The van der Waals surface area contributed by atoms with Crippen LogP contribution in [0.2, 0.25) is 0 Å². The van der Waals surface area contributed by atoms with Crippen molar-refractivity contribution in [2.75, 3.05) is 6.54 Å². The standard InChI is InChI=1S/C13H24N2O2/c1-8-3-9(2)5-10(4-8)15-13(17)12-6-11(16)7-14-12/h8-12,14,16H,3-7H2,1-2H3,(H,15,17)/t8-,9+,10?,11-,12-/m1/s1. The summed E-state index contributed by atoms with van der Waals surface area (Å²) in [6, 6.07) is 0.123. The number of hydrogen-bond donors (Lipinski definition) is 3. The predicted molar refractivity (Wildman–Crippen MR) is 66.5 cm³/mol. The summed E-state index contributed by atoms with van der Waals surface area (Å²) < 4.78 is 0. The van der Waals surface area contributed by atoms with Crippen LogP contribution in [0.3, 0.4) is 0 Å². The third-order valence-electron chi connectivity index (χ3n) is 3.95. The average molecular weight is 240 g/mol. The monoisotopic (exact) mass is 240 g/mol. The van der Waals surface area contributed by atoms with E-state index in [9.17, 15) is 9.90 Å². The van der Waals surface area contributed by atoms with Crippen molar-refractivity contribution in [3.8, 4) is 0 Å². The zero-order valence-electron chi connectivity index (χ0n) is 10.8. The number of nitrogens with one attached hydrogen (secondary N) is 2. The van der Waals surface area contributed by atoms with Crippen molar-refractivity contribution >= 4 is 5.91 Å². The lowest BCUT2D eigenvalue weighted by Gasteiger charge is -2.32. The maximum Gasteiger partial charge on any atom is 0.237 e. The normalized spacial score (nSPS) is 42.4. The molecule has 2 fully saturated rings. The van der Waals surface area contributed by atoms with Gasteiger partial charge >= 0.3 is 0 Å². The first-order valence-corrected chi connectivity index (χ1v) is 6.76. The Morgan fingerprint density at radius 2 is 1.82 bits per heavy atom. The van der Waals surface area contributed by atoms with Gasteiger partial charge in [-0.15, -0.1) is 0 Å². The van der Waals surface area contributed by atoms with Crippen molar-refractivity contribution in [2.24, 2.45) is 11.8 Å². The summed E-state index contributed by atoms with van der Waals surface area (Å²) in [4.78, 5) is 12.0. The maximum absolute atomic E-state index is 12.0. The molecule has 0 aromatic heterocycles. The second kappa shape index (κ2) is 5.36. The molecule has 2 rings (SSSR count). The SMILES string of the molecule is C[C@@H]1CC(NC(=O)[C@H]2C[C@@H](O)CN2)C[C@H](C)C1. The molecule has 1 saturated heterocycles. The fraction of sp³-hybridized carbons (Fsp3) is 0.923. The minimum atomic E-state index is -0.366. The second-order valence-electron chi connectivity index (χ2n) is 5.97. The van der Waals surface area contributed by atoms with Crippen LogP contribution in [0, 0.1) is 11.8 Å². The van der Waals surface area contributed by atoms with E-state index in [1.807, 2.05) is 0 Å². The van der Waals surface area contributed by atoms with Crippen LogP contribution in [-0.2, 0) is 4.79 Å². The maximum atomic E-state index is 12.0. The highest BCUT2D eigenvalue weighted by atomic mass is 16.3. The van der Waals surface area contributed by atoms with Gasteiger partial charge in [0.15, 0.2) is 0 Å². The molecule has 2 aliphatic rings. The van der Waals surface area contributed by atoms with Gasteiger partial charge in [0.05, 0.1) is 12.1 Å². The Balaban J connectivity index is 1.81. The van der Waals surface area contributed by atoms with Gasteiger partial charge in [-0.1, -0.05) is 13.8 Å². The molecule has 0 radical (unpaired) electrons. The van der Waals surface area contributed by atoms with Crippen molar-refractivity contribution in [1.82, 2.24) is 10.6 Å². The molecular weight excluding hydrogens is 216 g/mol. The van der Waals surface area contributed by atoms with Crippen LogP contribution < -0.4 is 10.6 Å². The fourth-order valence-corrected chi connectivity index (χ4v) is 3.28. The number of aliphatic hydroxyl groups excluding tert-OH is 1. The Bertz CT molecular complexity index is 273. The highest BCUT2D eigenvalue weighted by molar-refractivity contribution is 5.82. The molecular formula is C13H24N2O2. The Morgan fingerprint density at radius 3 is 2.35 bits per heavy atom. The zero-order chi connectivity index (χ0) is 12.4. The van der Waals surface area contributed by atoms with E-state index in [1.165, 1.54) is 6.42 Å². The highest BCUT2D eigenvalue weighted by Gasteiger charge is 2.31. The van der Waals surface area contributed by atoms with Gasteiger partial charge in [-0.25, -0.2) is 0 Å². The van der Waals surface area contributed by atoms with Gasteiger partial charge in [-0.3, -0.25) is 4.79 Å².